The first kappa shape index (κ1) is 21.7. The normalized spacial score (nSPS) is 10.9. The number of halogens is 2. The number of carbonyl (C=O) groups is 1. The molecule has 8 heteroatoms. The van der Waals surface area contributed by atoms with Crippen molar-refractivity contribution in [2.24, 2.45) is 5.73 Å². The summed E-state index contributed by atoms with van der Waals surface area (Å²) >= 11 is 7.54. The summed E-state index contributed by atoms with van der Waals surface area (Å²) in [5.74, 6) is -0.258. The van der Waals surface area contributed by atoms with Gasteiger partial charge in [-0.3, -0.25) is 4.79 Å². The fourth-order valence-corrected chi connectivity index (χ4v) is 3.21. The molecule has 1 heterocycles. The molecule has 1 aromatic carbocycles. The predicted molar refractivity (Wildman–Crippen MR) is 105 cm³/mol. The van der Waals surface area contributed by atoms with Gasteiger partial charge in [-0.1, -0.05) is 49.3 Å². The average molecular weight is 401 g/mol. The van der Waals surface area contributed by atoms with Crippen LogP contribution in [0, 0.1) is 0 Å². The summed E-state index contributed by atoms with van der Waals surface area (Å²) in [6.07, 6.45) is 1.53. The first-order valence-electron chi connectivity index (χ1n) is 7.82. The van der Waals surface area contributed by atoms with E-state index in [9.17, 15) is 4.79 Å². The highest BCUT2D eigenvalue weighted by molar-refractivity contribution is 7.99. The number of hydrogen-bond acceptors (Lipinski definition) is 5. The monoisotopic (exact) mass is 400 g/mol. The highest BCUT2D eigenvalue weighted by Gasteiger charge is 2.27. The molecule has 2 rings (SSSR count). The van der Waals surface area contributed by atoms with Gasteiger partial charge in [-0.15, -0.1) is 22.6 Å². The standard InChI is InChI=1S/C17H21ClN4OS.ClH/c1-3-17(4-2,11-19)20-16(23)13-9-10-15(22-21-13)24-14-8-6-5-7-12(14)18;/h5-10H,3-4,11,19H2,1-2H3,(H,20,23);1H. The average Bonchev–Trinajstić information content (AvgIpc) is 2.62. The van der Waals surface area contributed by atoms with E-state index in [1.54, 1.807) is 12.1 Å². The summed E-state index contributed by atoms with van der Waals surface area (Å²) in [6.45, 7) is 4.40. The van der Waals surface area contributed by atoms with Gasteiger partial charge in [-0.25, -0.2) is 0 Å². The Morgan fingerprint density at radius 1 is 1.20 bits per heavy atom. The molecule has 136 valence electrons. The smallest absolute Gasteiger partial charge is 0.272 e. The van der Waals surface area contributed by atoms with Crippen molar-refractivity contribution in [3.63, 3.8) is 0 Å². The van der Waals surface area contributed by atoms with Gasteiger partial charge in [0.2, 0.25) is 0 Å². The minimum absolute atomic E-state index is 0. The molecule has 0 atom stereocenters. The van der Waals surface area contributed by atoms with Crippen LogP contribution >= 0.6 is 35.8 Å². The van der Waals surface area contributed by atoms with Gasteiger partial charge < -0.3 is 11.1 Å². The lowest BCUT2D eigenvalue weighted by Crippen LogP contribution is -2.53. The van der Waals surface area contributed by atoms with Crippen molar-refractivity contribution in [1.29, 1.82) is 0 Å². The first-order valence-corrected chi connectivity index (χ1v) is 9.01. The number of rotatable bonds is 7. The summed E-state index contributed by atoms with van der Waals surface area (Å²) in [6, 6.07) is 10.9. The lowest BCUT2D eigenvalue weighted by atomic mass is 9.93. The Kier molecular flexibility index (Phi) is 8.65. The van der Waals surface area contributed by atoms with E-state index in [1.807, 2.05) is 38.1 Å². The van der Waals surface area contributed by atoms with Gasteiger partial charge >= 0.3 is 0 Å². The number of aromatic nitrogens is 2. The van der Waals surface area contributed by atoms with Crippen molar-refractivity contribution >= 4 is 41.7 Å². The number of carbonyl (C=O) groups excluding carboxylic acids is 1. The van der Waals surface area contributed by atoms with Crippen molar-refractivity contribution < 1.29 is 4.79 Å². The van der Waals surface area contributed by atoms with E-state index in [0.717, 1.165) is 17.7 Å². The van der Waals surface area contributed by atoms with Crippen molar-refractivity contribution in [2.75, 3.05) is 6.54 Å². The Morgan fingerprint density at radius 3 is 2.40 bits per heavy atom. The third-order valence-corrected chi connectivity index (χ3v) is 5.49. The number of nitrogens with zero attached hydrogens (tertiary/aromatic N) is 2. The Balaban J connectivity index is 0.00000312. The predicted octanol–water partition coefficient (Wildman–Crippen LogP) is 3.95. The largest absolute Gasteiger partial charge is 0.344 e. The van der Waals surface area contributed by atoms with E-state index >= 15 is 0 Å². The van der Waals surface area contributed by atoms with Crippen molar-refractivity contribution in [3.05, 3.63) is 47.1 Å². The van der Waals surface area contributed by atoms with Crippen LogP contribution in [0.3, 0.4) is 0 Å². The topological polar surface area (TPSA) is 80.9 Å². The molecule has 0 spiro atoms. The molecule has 5 nitrogen and oxygen atoms in total. The number of hydrogen-bond donors (Lipinski definition) is 2. The molecule has 0 saturated heterocycles. The van der Waals surface area contributed by atoms with Crippen LogP contribution in [0.4, 0.5) is 0 Å². The number of benzene rings is 1. The zero-order valence-electron chi connectivity index (χ0n) is 14.2. The highest BCUT2D eigenvalue weighted by Crippen LogP contribution is 2.31. The van der Waals surface area contributed by atoms with Crippen LogP contribution in [0.25, 0.3) is 0 Å². The van der Waals surface area contributed by atoms with Crippen LogP contribution in [-0.4, -0.2) is 28.2 Å². The molecule has 0 saturated carbocycles. The summed E-state index contributed by atoms with van der Waals surface area (Å²) in [7, 11) is 0. The van der Waals surface area contributed by atoms with Gasteiger partial charge in [0, 0.05) is 11.4 Å². The second kappa shape index (κ2) is 9.97. The Labute approximate surface area is 163 Å². The van der Waals surface area contributed by atoms with E-state index in [1.165, 1.54) is 11.8 Å². The lowest BCUT2D eigenvalue weighted by Gasteiger charge is -2.31. The maximum absolute atomic E-state index is 12.4. The van der Waals surface area contributed by atoms with Crippen molar-refractivity contribution in [1.82, 2.24) is 15.5 Å². The Morgan fingerprint density at radius 2 is 1.88 bits per heavy atom. The molecule has 0 bridgehead atoms. The van der Waals surface area contributed by atoms with Crippen LogP contribution in [-0.2, 0) is 0 Å². The number of amides is 1. The Bertz CT molecular complexity index is 685. The maximum Gasteiger partial charge on any atom is 0.272 e. The molecule has 0 fully saturated rings. The van der Waals surface area contributed by atoms with Gasteiger partial charge in [0.1, 0.15) is 5.03 Å². The molecule has 0 aliphatic rings. The quantitative estimate of drug-likeness (QED) is 0.734. The maximum atomic E-state index is 12.4. The first-order chi connectivity index (χ1) is 11.5. The third kappa shape index (κ3) is 5.57. The zero-order valence-corrected chi connectivity index (χ0v) is 16.5. The van der Waals surface area contributed by atoms with Crippen LogP contribution in [0.2, 0.25) is 5.02 Å². The molecule has 0 aliphatic carbocycles. The molecule has 0 radical (unpaired) electrons. The van der Waals surface area contributed by atoms with Crippen LogP contribution in [0.15, 0.2) is 46.3 Å². The van der Waals surface area contributed by atoms with E-state index in [0.29, 0.717) is 16.6 Å². The number of nitrogens with two attached hydrogens (primary N) is 1. The molecule has 1 amide bonds. The van der Waals surface area contributed by atoms with Crippen molar-refractivity contribution in [2.45, 2.75) is 42.1 Å². The zero-order chi connectivity index (χ0) is 17.6. The molecular formula is C17H22Cl2N4OS. The molecule has 0 aliphatic heterocycles. The summed E-state index contributed by atoms with van der Waals surface area (Å²) in [4.78, 5) is 13.3. The fourth-order valence-electron chi connectivity index (χ4n) is 2.21. The summed E-state index contributed by atoms with van der Waals surface area (Å²) < 4.78 is 0. The van der Waals surface area contributed by atoms with Crippen LogP contribution < -0.4 is 11.1 Å². The molecule has 25 heavy (non-hydrogen) atoms. The Hall–Kier alpha value is -1.34. The van der Waals surface area contributed by atoms with Gasteiger partial charge in [0.15, 0.2) is 5.69 Å². The molecular weight excluding hydrogens is 379 g/mol. The SMILES string of the molecule is CCC(CC)(CN)NC(=O)c1ccc(Sc2ccccc2Cl)nn1.Cl. The van der Waals surface area contributed by atoms with Crippen LogP contribution in [0.1, 0.15) is 37.2 Å². The molecule has 3 N–H and O–H groups in total. The van der Waals surface area contributed by atoms with E-state index in [2.05, 4.69) is 15.5 Å². The minimum atomic E-state index is -0.399. The minimum Gasteiger partial charge on any atom is -0.344 e. The fraction of sp³-hybridized carbons (Fsp3) is 0.353. The summed E-state index contributed by atoms with van der Waals surface area (Å²) in [5.41, 5.74) is 5.69. The van der Waals surface area contributed by atoms with E-state index < -0.39 is 5.54 Å². The second-order valence-corrected chi connectivity index (χ2v) is 6.90. The van der Waals surface area contributed by atoms with E-state index in [-0.39, 0.29) is 24.0 Å². The lowest BCUT2D eigenvalue weighted by molar-refractivity contribution is 0.0888. The summed E-state index contributed by atoms with van der Waals surface area (Å²) in [5, 5.41) is 12.4. The molecule has 0 unspecified atom stereocenters. The number of nitrogens with one attached hydrogen (secondary N) is 1. The van der Waals surface area contributed by atoms with Crippen molar-refractivity contribution in [3.8, 4) is 0 Å². The molecule has 2 aromatic rings. The second-order valence-electron chi connectivity index (χ2n) is 5.43. The third-order valence-electron chi connectivity index (χ3n) is 4.05. The molecule has 1 aromatic heterocycles. The highest BCUT2D eigenvalue weighted by atomic mass is 35.5. The van der Waals surface area contributed by atoms with Gasteiger partial charge in [-0.2, -0.15) is 0 Å². The van der Waals surface area contributed by atoms with Gasteiger partial charge in [0.25, 0.3) is 5.91 Å². The van der Waals surface area contributed by atoms with Gasteiger partial charge in [0.05, 0.1) is 10.6 Å². The van der Waals surface area contributed by atoms with Gasteiger partial charge in [-0.05, 0) is 37.1 Å². The van der Waals surface area contributed by atoms with Crippen LogP contribution in [0.5, 0.6) is 0 Å². The van der Waals surface area contributed by atoms with E-state index in [4.69, 9.17) is 17.3 Å².